The molecule has 0 aliphatic heterocycles. The molecule has 2 aromatic rings. The molecule has 1 aromatic carbocycles. The van der Waals surface area contributed by atoms with Crippen molar-refractivity contribution >= 4 is 21.4 Å². The van der Waals surface area contributed by atoms with E-state index in [1.807, 2.05) is 0 Å². The molecule has 0 radical (unpaired) electrons. The number of alkyl halides is 3. The van der Waals surface area contributed by atoms with Crippen LogP contribution in [0, 0.1) is 6.92 Å². The van der Waals surface area contributed by atoms with Gasteiger partial charge in [0, 0.05) is 6.20 Å². The Balaban J connectivity index is 2.41. The van der Waals surface area contributed by atoms with Crippen molar-refractivity contribution in [3.8, 4) is 5.75 Å². The maximum Gasteiger partial charge on any atom is 0.501 e. The highest BCUT2D eigenvalue weighted by molar-refractivity contribution is 7.92. The van der Waals surface area contributed by atoms with E-state index in [9.17, 15) is 26.4 Å². The number of halogens is 3. The second kappa shape index (κ2) is 6.67. The predicted molar refractivity (Wildman–Crippen MR) is 81.0 cm³/mol. The van der Waals surface area contributed by atoms with Crippen LogP contribution in [0.1, 0.15) is 16.2 Å². The maximum absolute atomic E-state index is 12.7. The Morgan fingerprint density at radius 3 is 2.40 bits per heavy atom. The number of hydrogen-bond donors (Lipinski definition) is 1. The first-order chi connectivity index (χ1) is 11.6. The van der Waals surface area contributed by atoms with Crippen LogP contribution in [0.25, 0.3) is 0 Å². The van der Waals surface area contributed by atoms with Crippen LogP contribution in [0.4, 0.5) is 18.9 Å². The van der Waals surface area contributed by atoms with Crippen molar-refractivity contribution in [2.24, 2.45) is 0 Å². The van der Waals surface area contributed by atoms with Gasteiger partial charge in [-0.3, -0.25) is 9.78 Å². The van der Waals surface area contributed by atoms with Gasteiger partial charge in [-0.25, -0.2) is 13.4 Å². The summed E-state index contributed by atoms with van der Waals surface area (Å²) in [6.45, 7) is 1.66. The Morgan fingerprint density at radius 2 is 1.88 bits per heavy atom. The number of rotatable bonds is 4. The molecular weight excluding hydrogens is 363 g/mol. The molecule has 0 fully saturated rings. The number of nitrogens with zero attached hydrogens (tertiary/aromatic N) is 2. The fourth-order valence-electron chi connectivity index (χ4n) is 1.78. The zero-order valence-electron chi connectivity index (χ0n) is 13.0. The molecular formula is C14H12F3N3O4S. The van der Waals surface area contributed by atoms with Crippen molar-refractivity contribution in [3.63, 3.8) is 0 Å². The van der Waals surface area contributed by atoms with Crippen LogP contribution >= 0.6 is 0 Å². The number of amides is 1. The van der Waals surface area contributed by atoms with Crippen molar-refractivity contribution < 1.29 is 31.1 Å². The van der Waals surface area contributed by atoms with E-state index in [0.29, 0.717) is 11.8 Å². The standard InChI is InChI=1S/C14H12F3N3O4S/c1-8-6-19-11(7-18-8)13(21)20-10-5-9(3-4-12(10)24-2)25(22,23)14(15,16)17/h3-7H,1-2H3,(H,20,21). The third-order valence-corrected chi connectivity index (χ3v) is 4.53. The van der Waals surface area contributed by atoms with E-state index in [4.69, 9.17) is 4.74 Å². The fourth-order valence-corrected chi connectivity index (χ4v) is 2.57. The van der Waals surface area contributed by atoms with Crippen molar-refractivity contribution in [1.29, 1.82) is 0 Å². The number of hydrogen-bond acceptors (Lipinski definition) is 6. The molecule has 2 rings (SSSR count). The highest BCUT2D eigenvalue weighted by Crippen LogP contribution is 2.34. The molecule has 1 N–H and O–H groups in total. The summed E-state index contributed by atoms with van der Waals surface area (Å²) in [5, 5.41) is 2.26. The van der Waals surface area contributed by atoms with Gasteiger partial charge in [0.2, 0.25) is 0 Å². The van der Waals surface area contributed by atoms with Gasteiger partial charge in [-0.15, -0.1) is 0 Å². The van der Waals surface area contributed by atoms with E-state index >= 15 is 0 Å². The lowest BCUT2D eigenvalue weighted by Crippen LogP contribution is -2.23. The van der Waals surface area contributed by atoms with Gasteiger partial charge in [0.15, 0.2) is 0 Å². The number of carbonyl (C=O) groups is 1. The lowest BCUT2D eigenvalue weighted by atomic mass is 10.2. The lowest BCUT2D eigenvalue weighted by molar-refractivity contribution is -0.0436. The number of methoxy groups -OCH3 is 1. The normalized spacial score (nSPS) is 11.9. The molecule has 25 heavy (non-hydrogen) atoms. The topological polar surface area (TPSA) is 98.2 Å². The maximum atomic E-state index is 12.7. The summed E-state index contributed by atoms with van der Waals surface area (Å²) >= 11 is 0. The van der Waals surface area contributed by atoms with Gasteiger partial charge < -0.3 is 10.1 Å². The summed E-state index contributed by atoms with van der Waals surface area (Å²) in [5.74, 6) is -0.804. The Hall–Kier alpha value is -2.69. The Bertz CT molecular complexity index is 897. The fraction of sp³-hybridized carbons (Fsp3) is 0.214. The lowest BCUT2D eigenvalue weighted by Gasteiger charge is -2.13. The molecule has 0 saturated carbocycles. The minimum Gasteiger partial charge on any atom is -0.495 e. The number of nitrogens with one attached hydrogen (secondary N) is 1. The summed E-state index contributed by atoms with van der Waals surface area (Å²) < 4.78 is 65.9. The van der Waals surface area contributed by atoms with Crippen LogP contribution in [-0.4, -0.2) is 36.9 Å². The molecule has 0 spiro atoms. The molecule has 7 nitrogen and oxygen atoms in total. The first-order valence-corrected chi connectivity index (χ1v) is 8.14. The van der Waals surface area contributed by atoms with E-state index in [-0.39, 0.29) is 17.1 Å². The third-order valence-electron chi connectivity index (χ3n) is 3.05. The zero-order chi connectivity index (χ0) is 18.8. The van der Waals surface area contributed by atoms with E-state index in [1.54, 1.807) is 6.92 Å². The predicted octanol–water partition coefficient (Wildman–Crippen LogP) is 2.34. The van der Waals surface area contributed by atoms with Crippen molar-refractivity contribution in [3.05, 3.63) is 42.0 Å². The van der Waals surface area contributed by atoms with Gasteiger partial charge in [0.05, 0.1) is 29.6 Å². The van der Waals surface area contributed by atoms with Crippen LogP contribution in [0.3, 0.4) is 0 Å². The number of aromatic nitrogens is 2. The van der Waals surface area contributed by atoms with Gasteiger partial charge in [-0.1, -0.05) is 0 Å². The Morgan fingerprint density at radius 1 is 1.20 bits per heavy atom. The smallest absolute Gasteiger partial charge is 0.495 e. The summed E-state index contributed by atoms with van der Waals surface area (Å²) in [6, 6.07) is 2.42. The second-order valence-corrected chi connectivity index (χ2v) is 6.75. The quantitative estimate of drug-likeness (QED) is 0.881. The van der Waals surface area contributed by atoms with Crippen LogP contribution < -0.4 is 10.1 Å². The molecule has 1 heterocycles. The minimum atomic E-state index is -5.56. The molecule has 134 valence electrons. The molecule has 0 aliphatic rings. The molecule has 0 bridgehead atoms. The van der Waals surface area contributed by atoms with Crippen LogP contribution in [0.5, 0.6) is 5.75 Å². The summed E-state index contributed by atoms with van der Waals surface area (Å²) in [6.07, 6.45) is 2.50. The molecule has 1 amide bonds. The van der Waals surface area contributed by atoms with Gasteiger partial charge in [-0.05, 0) is 25.1 Å². The zero-order valence-corrected chi connectivity index (χ0v) is 13.8. The van der Waals surface area contributed by atoms with Gasteiger partial charge in [0.1, 0.15) is 11.4 Å². The summed E-state index contributed by atoms with van der Waals surface area (Å²) in [7, 11) is -4.35. The molecule has 1 aromatic heterocycles. The Kier molecular flexibility index (Phi) is 4.97. The van der Waals surface area contributed by atoms with E-state index in [1.165, 1.54) is 19.5 Å². The second-order valence-electron chi connectivity index (χ2n) is 4.81. The van der Waals surface area contributed by atoms with Crippen LogP contribution in [-0.2, 0) is 9.84 Å². The van der Waals surface area contributed by atoms with Crippen LogP contribution in [0.15, 0.2) is 35.5 Å². The highest BCUT2D eigenvalue weighted by Gasteiger charge is 2.47. The van der Waals surface area contributed by atoms with Crippen molar-refractivity contribution in [2.45, 2.75) is 17.3 Å². The SMILES string of the molecule is COc1ccc(S(=O)(=O)C(F)(F)F)cc1NC(=O)c1cnc(C)cn1. The van der Waals surface area contributed by atoms with E-state index in [0.717, 1.165) is 12.1 Å². The number of anilines is 1. The Labute approximate surface area is 140 Å². The van der Waals surface area contributed by atoms with Crippen LogP contribution in [0.2, 0.25) is 0 Å². The third kappa shape index (κ3) is 3.87. The molecule has 11 heteroatoms. The average molecular weight is 375 g/mol. The average Bonchev–Trinajstić information content (AvgIpc) is 2.54. The summed E-state index contributed by atoms with van der Waals surface area (Å²) in [4.78, 5) is 18.8. The van der Waals surface area contributed by atoms with Crippen molar-refractivity contribution in [2.75, 3.05) is 12.4 Å². The molecule has 0 saturated heterocycles. The van der Waals surface area contributed by atoms with E-state index < -0.39 is 26.1 Å². The monoisotopic (exact) mass is 375 g/mol. The van der Waals surface area contributed by atoms with Crippen molar-refractivity contribution in [1.82, 2.24) is 9.97 Å². The summed E-state index contributed by atoms with van der Waals surface area (Å²) in [5.41, 5.74) is -5.25. The molecule has 0 unspecified atom stereocenters. The number of carbonyl (C=O) groups excluding carboxylic acids is 1. The number of aryl methyl sites for hydroxylation is 1. The van der Waals surface area contributed by atoms with Gasteiger partial charge in [-0.2, -0.15) is 13.2 Å². The number of sulfone groups is 1. The van der Waals surface area contributed by atoms with Gasteiger partial charge >= 0.3 is 5.51 Å². The number of ether oxygens (including phenoxy) is 1. The minimum absolute atomic E-state index is 0.0189. The highest BCUT2D eigenvalue weighted by atomic mass is 32.2. The van der Waals surface area contributed by atoms with E-state index in [2.05, 4.69) is 15.3 Å². The van der Waals surface area contributed by atoms with Gasteiger partial charge in [0.25, 0.3) is 15.7 Å². The first-order valence-electron chi connectivity index (χ1n) is 6.65. The number of benzene rings is 1. The molecule has 0 aliphatic carbocycles. The first kappa shape index (κ1) is 18.6. The largest absolute Gasteiger partial charge is 0.501 e. The molecule has 0 atom stereocenters.